The third-order valence-electron chi connectivity index (χ3n) is 4.21. The highest BCUT2D eigenvalue weighted by atomic mass is 16.5. The van der Waals surface area contributed by atoms with Crippen molar-refractivity contribution in [1.82, 2.24) is 9.88 Å². The lowest BCUT2D eigenvalue weighted by molar-refractivity contribution is -0.0244. The predicted octanol–water partition coefficient (Wildman–Crippen LogP) is 3.31. The highest BCUT2D eigenvalue weighted by Gasteiger charge is 2.20. The number of benzene rings is 1. The molecule has 0 aliphatic carbocycles. The Kier molecular flexibility index (Phi) is 5.13. The monoisotopic (exact) mass is 313 g/mol. The van der Waals surface area contributed by atoms with Gasteiger partial charge in [0.05, 0.1) is 18.2 Å². The van der Waals surface area contributed by atoms with Gasteiger partial charge in [-0.15, -0.1) is 0 Å². The molecule has 2 heterocycles. The maximum Gasteiger partial charge on any atom is 0.0874 e. The molecule has 2 aromatic rings. The van der Waals surface area contributed by atoms with Crippen molar-refractivity contribution < 1.29 is 4.74 Å². The largest absolute Gasteiger partial charge is 0.382 e. The van der Waals surface area contributed by atoms with Crippen LogP contribution in [0.25, 0.3) is 10.9 Å². The number of anilines is 1. The molecule has 4 nitrogen and oxygen atoms in total. The Hall–Kier alpha value is -1.65. The van der Waals surface area contributed by atoms with Crippen LogP contribution in [0.1, 0.15) is 19.5 Å². The van der Waals surface area contributed by atoms with Crippen molar-refractivity contribution >= 4 is 16.6 Å². The first-order valence-electron chi connectivity index (χ1n) is 8.56. The smallest absolute Gasteiger partial charge is 0.0874 e. The average Bonchev–Trinajstić information content (AvgIpc) is 2.52. The average molecular weight is 313 g/mol. The van der Waals surface area contributed by atoms with Gasteiger partial charge >= 0.3 is 0 Å². The fourth-order valence-corrected chi connectivity index (χ4v) is 3.26. The molecule has 1 aliphatic rings. The number of pyridine rings is 1. The molecule has 1 N–H and O–H groups in total. The van der Waals surface area contributed by atoms with Gasteiger partial charge in [0.15, 0.2) is 0 Å². The molecule has 1 fully saturated rings. The van der Waals surface area contributed by atoms with Crippen molar-refractivity contribution in [3.05, 3.63) is 36.0 Å². The number of hydrogen-bond acceptors (Lipinski definition) is 4. The van der Waals surface area contributed by atoms with E-state index in [-0.39, 0.29) is 6.10 Å². The summed E-state index contributed by atoms with van der Waals surface area (Å²) in [6.45, 7) is 11.5. The zero-order valence-corrected chi connectivity index (χ0v) is 14.4. The molecule has 4 heteroatoms. The summed E-state index contributed by atoms with van der Waals surface area (Å²) in [6, 6.07) is 10.4. The normalized spacial score (nSPS) is 19.4. The predicted molar refractivity (Wildman–Crippen MR) is 96.0 cm³/mol. The van der Waals surface area contributed by atoms with Gasteiger partial charge in [0.2, 0.25) is 0 Å². The quantitative estimate of drug-likeness (QED) is 0.919. The fourth-order valence-electron chi connectivity index (χ4n) is 3.26. The summed E-state index contributed by atoms with van der Waals surface area (Å²) in [6.07, 6.45) is 0.245. The summed E-state index contributed by atoms with van der Waals surface area (Å²) in [5.74, 6) is 0.702. The van der Waals surface area contributed by atoms with Crippen molar-refractivity contribution in [2.75, 3.05) is 38.1 Å². The van der Waals surface area contributed by atoms with Crippen LogP contribution >= 0.6 is 0 Å². The standard InChI is InChI=1S/C19H27N3O/c1-14(2)12-22-8-9-23-16(13-22)11-20-19-10-15(3)21-18-7-5-4-6-17(18)19/h4-7,10,14,16H,8-9,11-13H2,1-3H3,(H,20,21)/t16-/m1/s1. The third-order valence-corrected chi connectivity index (χ3v) is 4.21. The summed E-state index contributed by atoms with van der Waals surface area (Å²) in [4.78, 5) is 7.11. The zero-order chi connectivity index (χ0) is 16.2. The van der Waals surface area contributed by atoms with Crippen LogP contribution in [0.5, 0.6) is 0 Å². The SMILES string of the molecule is Cc1cc(NC[C@@H]2CN(CC(C)C)CCO2)c2ccccc2n1. The van der Waals surface area contributed by atoms with Gasteiger partial charge in [0, 0.05) is 42.9 Å². The van der Waals surface area contributed by atoms with Crippen LogP contribution in [0, 0.1) is 12.8 Å². The summed E-state index contributed by atoms with van der Waals surface area (Å²) >= 11 is 0. The Morgan fingerprint density at radius 2 is 2.17 bits per heavy atom. The molecule has 23 heavy (non-hydrogen) atoms. The van der Waals surface area contributed by atoms with Crippen LogP contribution in [-0.2, 0) is 4.74 Å². The molecule has 1 saturated heterocycles. The van der Waals surface area contributed by atoms with Crippen LogP contribution in [0.15, 0.2) is 30.3 Å². The number of rotatable bonds is 5. The molecule has 0 unspecified atom stereocenters. The maximum atomic E-state index is 5.93. The van der Waals surface area contributed by atoms with Crippen LogP contribution in [-0.4, -0.2) is 48.8 Å². The van der Waals surface area contributed by atoms with E-state index in [9.17, 15) is 0 Å². The van der Waals surface area contributed by atoms with E-state index in [0.29, 0.717) is 5.92 Å². The molecule has 0 saturated carbocycles. The molecule has 1 aliphatic heterocycles. The highest BCUT2D eigenvalue weighted by molar-refractivity contribution is 5.91. The van der Waals surface area contributed by atoms with Crippen LogP contribution in [0.3, 0.4) is 0 Å². The first kappa shape index (κ1) is 16.2. The molecule has 3 rings (SSSR count). The Morgan fingerprint density at radius 1 is 1.35 bits per heavy atom. The Bertz CT molecular complexity index is 656. The van der Waals surface area contributed by atoms with Gasteiger partial charge in [0.1, 0.15) is 0 Å². The van der Waals surface area contributed by atoms with Crippen LogP contribution < -0.4 is 5.32 Å². The van der Waals surface area contributed by atoms with Gasteiger partial charge < -0.3 is 10.1 Å². The highest BCUT2D eigenvalue weighted by Crippen LogP contribution is 2.23. The van der Waals surface area contributed by atoms with Crippen molar-refractivity contribution in [3.63, 3.8) is 0 Å². The molecule has 0 bridgehead atoms. The lowest BCUT2D eigenvalue weighted by atomic mass is 10.1. The topological polar surface area (TPSA) is 37.4 Å². The van der Waals surface area contributed by atoms with Crippen molar-refractivity contribution in [1.29, 1.82) is 0 Å². The summed E-state index contributed by atoms with van der Waals surface area (Å²) < 4.78 is 5.93. The molecular weight excluding hydrogens is 286 g/mol. The molecule has 1 aromatic heterocycles. The summed E-state index contributed by atoms with van der Waals surface area (Å²) in [7, 11) is 0. The second kappa shape index (κ2) is 7.28. The third kappa shape index (κ3) is 4.21. The Labute approximate surface area is 138 Å². The molecular formula is C19H27N3O. The number of aromatic nitrogens is 1. The lowest BCUT2D eigenvalue weighted by Gasteiger charge is -2.34. The molecule has 0 radical (unpaired) electrons. The van der Waals surface area contributed by atoms with Crippen LogP contribution in [0.2, 0.25) is 0 Å². The van der Waals surface area contributed by atoms with Crippen molar-refractivity contribution in [2.45, 2.75) is 26.9 Å². The van der Waals surface area contributed by atoms with Crippen molar-refractivity contribution in [2.24, 2.45) is 5.92 Å². The van der Waals surface area contributed by atoms with Gasteiger partial charge in [-0.2, -0.15) is 0 Å². The molecule has 1 atom stereocenters. The Balaban J connectivity index is 1.66. The molecule has 0 amide bonds. The van der Waals surface area contributed by atoms with E-state index in [1.807, 2.05) is 13.0 Å². The number of aryl methyl sites for hydroxylation is 1. The van der Waals surface area contributed by atoms with Gasteiger partial charge in [-0.05, 0) is 25.0 Å². The summed E-state index contributed by atoms with van der Waals surface area (Å²) in [5, 5.41) is 4.75. The van der Waals surface area contributed by atoms with Crippen molar-refractivity contribution in [3.8, 4) is 0 Å². The molecule has 124 valence electrons. The van der Waals surface area contributed by atoms with E-state index < -0.39 is 0 Å². The van der Waals surface area contributed by atoms with E-state index in [2.05, 4.69) is 53.3 Å². The minimum Gasteiger partial charge on any atom is -0.382 e. The molecule has 1 aromatic carbocycles. The first-order valence-corrected chi connectivity index (χ1v) is 8.56. The van der Waals surface area contributed by atoms with Gasteiger partial charge in [-0.1, -0.05) is 32.0 Å². The lowest BCUT2D eigenvalue weighted by Crippen LogP contribution is -2.46. The minimum atomic E-state index is 0.245. The van der Waals surface area contributed by atoms with E-state index in [0.717, 1.165) is 49.7 Å². The zero-order valence-electron chi connectivity index (χ0n) is 14.4. The van der Waals surface area contributed by atoms with E-state index in [1.54, 1.807) is 0 Å². The fraction of sp³-hybridized carbons (Fsp3) is 0.526. The Morgan fingerprint density at radius 3 is 3.00 bits per heavy atom. The number of para-hydroxylation sites is 1. The van der Waals surface area contributed by atoms with Gasteiger partial charge in [-0.3, -0.25) is 9.88 Å². The van der Waals surface area contributed by atoms with E-state index in [1.165, 1.54) is 5.39 Å². The number of ether oxygens (including phenoxy) is 1. The number of nitrogens with zero attached hydrogens (tertiary/aromatic N) is 2. The summed E-state index contributed by atoms with van der Waals surface area (Å²) in [5.41, 5.74) is 3.23. The number of hydrogen-bond donors (Lipinski definition) is 1. The number of morpholine rings is 1. The van der Waals surface area contributed by atoms with E-state index in [4.69, 9.17) is 4.74 Å². The minimum absolute atomic E-state index is 0.245. The van der Waals surface area contributed by atoms with Gasteiger partial charge in [-0.25, -0.2) is 0 Å². The van der Waals surface area contributed by atoms with Gasteiger partial charge in [0.25, 0.3) is 0 Å². The van der Waals surface area contributed by atoms with E-state index >= 15 is 0 Å². The second-order valence-electron chi connectivity index (χ2n) is 6.86. The van der Waals surface area contributed by atoms with Crippen LogP contribution in [0.4, 0.5) is 5.69 Å². The number of nitrogens with one attached hydrogen (secondary N) is 1. The second-order valence-corrected chi connectivity index (χ2v) is 6.86. The first-order chi connectivity index (χ1) is 11.1. The molecule has 0 spiro atoms. The maximum absolute atomic E-state index is 5.93. The number of fused-ring (bicyclic) bond motifs is 1.